The van der Waals surface area contributed by atoms with Crippen LogP contribution in [0.2, 0.25) is 5.02 Å². The predicted molar refractivity (Wildman–Crippen MR) is 112 cm³/mol. The van der Waals surface area contributed by atoms with Crippen molar-refractivity contribution < 1.29 is 9.53 Å². The largest absolute Gasteiger partial charge is 0.490 e. The Bertz CT molecular complexity index is 729. The van der Waals surface area contributed by atoms with Crippen LogP contribution in [-0.2, 0) is 11.3 Å². The monoisotopic (exact) mass is 404 g/mol. The summed E-state index contributed by atoms with van der Waals surface area (Å²) in [5.74, 6) is 1.30. The lowest BCUT2D eigenvalue weighted by Gasteiger charge is -2.29. The Morgan fingerprint density at radius 2 is 1.81 bits per heavy atom. The van der Waals surface area contributed by atoms with Gasteiger partial charge in [0.25, 0.3) is 0 Å². The van der Waals surface area contributed by atoms with Crippen molar-refractivity contribution in [1.82, 2.24) is 10.2 Å². The fourth-order valence-corrected chi connectivity index (χ4v) is 3.77. The minimum atomic E-state index is 0.0154. The first-order valence-electron chi connectivity index (χ1n) is 9.18. The standard InChI is InChI=1S/C21H25ClN2O2S/c1-24-12-10-19(11-13-24)26-18-6-2-16(3-7-18)14-23-21(25)15-27-20-8-4-17(22)5-9-20/h2-9,19H,10-15H2,1H3,(H,23,25). The molecule has 2 aromatic rings. The van der Waals surface area contributed by atoms with E-state index in [0.29, 0.717) is 23.4 Å². The number of nitrogens with zero attached hydrogens (tertiary/aromatic N) is 1. The molecule has 27 heavy (non-hydrogen) atoms. The van der Waals surface area contributed by atoms with Crippen LogP contribution in [-0.4, -0.2) is 42.8 Å². The summed E-state index contributed by atoms with van der Waals surface area (Å²) in [6.07, 6.45) is 2.44. The van der Waals surface area contributed by atoms with Gasteiger partial charge in [0.2, 0.25) is 5.91 Å². The van der Waals surface area contributed by atoms with Crippen molar-refractivity contribution >= 4 is 29.3 Å². The highest BCUT2D eigenvalue weighted by molar-refractivity contribution is 8.00. The quantitative estimate of drug-likeness (QED) is 0.701. The van der Waals surface area contributed by atoms with Gasteiger partial charge in [-0.3, -0.25) is 4.79 Å². The second-order valence-electron chi connectivity index (χ2n) is 6.78. The lowest BCUT2D eigenvalue weighted by Crippen LogP contribution is -2.35. The number of hydrogen-bond donors (Lipinski definition) is 1. The number of piperidine rings is 1. The van der Waals surface area contributed by atoms with Gasteiger partial charge in [-0.15, -0.1) is 11.8 Å². The van der Waals surface area contributed by atoms with Crippen molar-refractivity contribution in [2.45, 2.75) is 30.4 Å². The Morgan fingerprint density at radius 1 is 1.15 bits per heavy atom. The van der Waals surface area contributed by atoms with E-state index in [1.807, 2.05) is 48.5 Å². The van der Waals surface area contributed by atoms with Gasteiger partial charge < -0.3 is 15.0 Å². The van der Waals surface area contributed by atoms with E-state index in [-0.39, 0.29) is 5.91 Å². The average molecular weight is 405 g/mol. The van der Waals surface area contributed by atoms with Crippen molar-refractivity contribution in [1.29, 1.82) is 0 Å². The third-order valence-corrected chi connectivity index (χ3v) is 5.83. The smallest absolute Gasteiger partial charge is 0.230 e. The summed E-state index contributed by atoms with van der Waals surface area (Å²) in [5.41, 5.74) is 1.07. The molecule has 1 fully saturated rings. The lowest BCUT2D eigenvalue weighted by molar-refractivity contribution is -0.118. The van der Waals surface area contributed by atoms with Crippen molar-refractivity contribution in [3.8, 4) is 5.75 Å². The average Bonchev–Trinajstić information content (AvgIpc) is 2.69. The normalized spacial score (nSPS) is 15.5. The zero-order valence-corrected chi connectivity index (χ0v) is 17.1. The van der Waals surface area contributed by atoms with Gasteiger partial charge in [0, 0.05) is 29.6 Å². The lowest BCUT2D eigenvalue weighted by atomic mass is 10.1. The first-order chi connectivity index (χ1) is 13.1. The van der Waals surface area contributed by atoms with Crippen LogP contribution >= 0.6 is 23.4 Å². The van der Waals surface area contributed by atoms with Crippen molar-refractivity contribution in [2.75, 3.05) is 25.9 Å². The molecule has 1 heterocycles. The number of ether oxygens (including phenoxy) is 1. The van der Waals surface area contributed by atoms with Crippen molar-refractivity contribution in [3.63, 3.8) is 0 Å². The van der Waals surface area contributed by atoms with Crippen LogP contribution in [0.3, 0.4) is 0 Å². The summed E-state index contributed by atoms with van der Waals surface area (Å²) in [6.45, 7) is 2.69. The van der Waals surface area contributed by atoms with Gasteiger partial charge in [0.15, 0.2) is 0 Å². The zero-order valence-electron chi connectivity index (χ0n) is 15.5. The molecule has 1 aliphatic heterocycles. The summed E-state index contributed by atoms with van der Waals surface area (Å²) in [5, 5.41) is 3.66. The number of halogens is 1. The zero-order chi connectivity index (χ0) is 19.1. The highest BCUT2D eigenvalue weighted by Crippen LogP contribution is 2.21. The van der Waals surface area contributed by atoms with Gasteiger partial charge in [-0.1, -0.05) is 23.7 Å². The van der Waals surface area contributed by atoms with Crippen LogP contribution in [0.25, 0.3) is 0 Å². The number of carbonyl (C=O) groups is 1. The number of rotatable bonds is 7. The molecular weight excluding hydrogens is 380 g/mol. The molecule has 0 aliphatic carbocycles. The minimum absolute atomic E-state index is 0.0154. The number of nitrogens with one attached hydrogen (secondary N) is 1. The number of amides is 1. The van der Waals surface area contributed by atoms with E-state index in [1.165, 1.54) is 11.8 Å². The fourth-order valence-electron chi connectivity index (χ4n) is 2.91. The van der Waals surface area contributed by atoms with E-state index < -0.39 is 0 Å². The maximum absolute atomic E-state index is 12.0. The highest BCUT2D eigenvalue weighted by Gasteiger charge is 2.17. The predicted octanol–water partition coefficient (Wildman–Crippen LogP) is 4.22. The van der Waals surface area contributed by atoms with Crippen molar-refractivity contribution in [2.24, 2.45) is 0 Å². The second kappa shape index (κ2) is 10.0. The molecule has 3 rings (SSSR count). The number of carbonyl (C=O) groups excluding carboxylic acids is 1. The van der Waals surface area contributed by atoms with Crippen LogP contribution in [0.1, 0.15) is 18.4 Å². The summed E-state index contributed by atoms with van der Waals surface area (Å²) >= 11 is 7.36. The summed E-state index contributed by atoms with van der Waals surface area (Å²) < 4.78 is 6.05. The van der Waals surface area contributed by atoms with Gasteiger partial charge in [0.1, 0.15) is 11.9 Å². The fraction of sp³-hybridized carbons (Fsp3) is 0.381. The second-order valence-corrected chi connectivity index (χ2v) is 8.27. The Balaban J connectivity index is 1.39. The molecule has 0 aromatic heterocycles. The third-order valence-electron chi connectivity index (χ3n) is 4.56. The maximum Gasteiger partial charge on any atom is 0.230 e. The van der Waals surface area contributed by atoms with E-state index in [1.54, 1.807) is 0 Å². The third kappa shape index (κ3) is 6.76. The van der Waals surface area contributed by atoms with Crippen molar-refractivity contribution in [3.05, 3.63) is 59.1 Å². The Morgan fingerprint density at radius 3 is 2.48 bits per heavy atom. The summed E-state index contributed by atoms with van der Waals surface area (Å²) in [4.78, 5) is 15.4. The molecule has 0 atom stereocenters. The van der Waals surface area contributed by atoms with Crippen LogP contribution in [0, 0.1) is 0 Å². The van der Waals surface area contributed by atoms with E-state index in [0.717, 1.165) is 42.1 Å². The molecule has 144 valence electrons. The number of likely N-dealkylation sites (tertiary alicyclic amines) is 1. The van der Waals surface area contributed by atoms with Gasteiger partial charge in [0.05, 0.1) is 5.75 Å². The van der Waals surface area contributed by atoms with E-state index >= 15 is 0 Å². The molecule has 1 N–H and O–H groups in total. The Kier molecular flexibility index (Phi) is 7.44. The summed E-state index contributed by atoms with van der Waals surface area (Å²) in [6, 6.07) is 15.5. The van der Waals surface area contributed by atoms with E-state index in [9.17, 15) is 4.79 Å². The molecule has 0 bridgehead atoms. The first-order valence-corrected chi connectivity index (χ1v) is 10.5. The number of hydrogen-bond acceptors (Lipinski definition) is 4. The molecule has 4 nitrogen and oxygen atoms in total. The Labute approximate surface area is 170 Å². The molecule has 1 amide bonds. The molecule has 0 radical (unpaired) electrons. The minimum Gasteiger partial charge on any atom is -0.490 e. The molecular formula is C21H25ClN2O2S. The van der Waals surface area contributed by atoms with Gasteiger partial charge in [-0.05, 0) is 61.9 Å². The van der Waals surface area contributed by atoms with Gasteiger partial charge in [-0.2, -0.15) is 0 Å². The maximum atomic E-state index is 12.0. The number of benzene rings is 2. The van der Waals surface area contributed by atoms with Crippen LogP contribution < -0.4 is 10.1 Å². The van der Waals surface area contributed by atoms with Gasteiger partial charge >= 0.3 is 0 Å². The molecule has 0 spiro atoms. The first kappa shape index (κ1) is 20.1. The van der Waals surface area contributed by atoms with E-state index in [4.69, 9.17) is 16.3 Å². The molecule has 6 heteroatoms. The molecule has 1 aliphatic rings. The summed E-state index contributed by atoms with van der Waals surface area (Å²) in [7, 11) is 2.15. The van der Waals surface area contributed by atoms with Gasteiger partial charge in [-0.25, -0.2) is 0 Å². The van der Waals surface area contributed by atoms with Crippen LogP contribution in [0.15, 0.2) is 53.4 Å². The van der Waals surface area contributed by atoms with Crippen LogP contribution in [0.4, 0.5) is 0 Å². The molecule has 1 saturated heterocycles. The highest BCUT2D eigenvalue weighted by atomic mass is 35.5. The number of thioether (sulfide) groups is 1. The Hall–Kier alpha value is -1.69. The van der Waals surface area contributed by atoms with Crippen LogP contribution in [0.5, 0.6) is 5.75 Å². The topological polar surface area (TPSA) is 41.6 Å². The molecule has 2 aromatic carbocycles. The SMILES string of the molecule is CN1CCC(Oc2ccc(CNC(=O)CSc3ccc(Cl)cc3)cc2)CC1. The molecule has 0 unspecified atom stereocenters. The molecule has 0 saturated carbocycles. The van der Waals surface area contributed by atoms with E-state index in [2.05, 4.69) is 17.3 Å².